The van der Waals surface area contributed by atoms with E-state index in [-0.39, 0.29) is 11.2 Å². The molecule has 0 saturated carbocycles. The highest BCUT2D eigenvalue weighted by Gasteiger charge is 2.34. The van der Waals surface area contributed by atoms with Crippen LogP contribution in [0, 0.1) is 5.41 Å². The number of carbonyl (C=O) groups excluding carboxylic acids is 1. The van der Waals surface area contributed by atoms with Crippen LogP contribution in [0.1, 0.15) is 36.3 Å². The molecule has 0 radical (unpaired) electrons. The molecule has 0 spiro atoms. The van der Waals surface area contributed by atoms with Gasteiger partial charge < -0.3 is 5.32 Å². The first kappa shape index (κ1) is 13.2. The third kappa shape index (κ3) is 2.43. The van der Waals surface area contributed by atoms with Crippen molar-refractivity contribution in [1.82, 2.24) is 10.2 Å². The predicted molar refractivity (Wildman–Crippen MR) is 79.8 cm³/mol. The Balaban J connectivity index is 1.94. The van der Waals surface area contributed by atoms with Crippen molar-refractivity contribution in [2.75, 3.05) is 5.32 Å². The van der Waals surface area contributed by atoms with Crippen LogP contribution in [-0.2, 0) is 6.42 Å². The van der Waals surface area contributed by atoms with Gasteiger partial charge in [0.2, 0.25) is 0 Å². The summed E-state index contributed by atoms with van der Waals surface area (Å²) < 4.78 is 0. The number of halogens is 1. The minimum Gasteiger partial charge on any atom is -0.338 e. The third-order valence-electron chi connectivity index (χ3n) is 3.50. The zero-order valence-electron chi connectivity index (χ0n) is 11.5. The van der Waals surface area contributed by atoms with Gasteiger partial charge in [-0.2, -0.15) is 5.10 Å². The lowest BCUT2D eigenvalue weighted by molar-refractivity contribution is 0.0912. The molecular weight excluding hydrogens is 274 g/mol. The molecule has 0 unspecified atom stereocenters. The Labute approximate surface area is 122 Å². The molecule has 104 valence electrons. The average molecular weight is 290 g/mol. The van der Waals surface area contributed by atoms with Crippen molar-refractivity contribution in [2.45, 2.75) is 26.7 Å². The SMILES string of the molecule is CC1(C)CC(=O)c2c(Nc3cccc(Cl)c3)n[nH]c2C1. The molecular formula is C15H16ClN3O. The number of aromatic amines is 1. The zero-order valence-corrected chi connectivity index (χ0v) is 12.2. The quantitative estimate of drug-likeness (QED) is 0.880. The van der Waals surface area contributed by atoms with Crippen LogP contribution in [0.3, 0.4) is 0 Å². The molecule has 1 aliphatic carbocycles. The normalized spacial score (nSPS) is 16.9. The molecule has 1 heterocycles. The molecule has 2 aromatic rings. The van der Waals surface area contributed by atoms with Gasteiger partial charge in [0.1, 0.15) is 0 Å². The molecule has 0 amide bonds. The predicted octanol–water partition coefficient (Wildman–Crippen LogP) is 3.96. The fraction of sp³-hybridized carbons (Fsp3) is 0.333. The maximum atomic E-state index is 12.3. The maximum Gasteiger partial charge on any atom is 0.169 e. The second kappa shape index (κ2) is 4.63. The van der Waals surface area contributed by atoms with Crippen molar-refractivity contribution in [3.05, 3.63) is 40.5 Å². The molecule has 2 N–H and O–H groups in total. The Morgan fingerprint density at radius 1 is 1.35 bits per heavy atom. The number of nitrogens with one attached hydrogen (secondary N) is 2. The van der Waals surface area contributed by atoms with Crippen LogP contribution in [0.15, 0.2) is 24.3 Å². The lowest BCUT2D eigenvalue weighted by atomic mass is 9.76. The van der Waals surface area contributed by atoms with E-state index in [1.54, 1.807) is 12.1 Å². The molecule has 1 aromatic carbocycles. The summed E-state index contributed by atoms with van der Waals surface area (Å²) in [7, 11) is 0. The Morgan fingerprint density at radius 3 is 2.90 bits per heavy atom. The standard InChI is InChI=1S/C15H16ClN3O/c1-15(2)7-11-13(12(20)8-15)14(19-18-11)17-10-5-3-4-9(16)6-10/h3-6H,7-8H2,1-2H3,(H2,17,18,19). The smallest absolute Gasteiger partial charge is 0.169 e. The van der Waals surface area contributed by atoms with E-state index in [4.69, 9.17) is 11.6 Å². The van der Waals surface area contributed by atoms with Gasteiger partial charge in [0, 0.05) is 22.8 Å². The summed E-state index contributed by atoms with van der Waals surface area (Å²) in [5.41, 5.74) is 2.41. The summed E-state index contributed by atoms with van der Waals surface area (Å²) in [5, 5.41) is 11.0. The highest BCUT2D eigenvalue weighted by molar-refractivity contribution is 6.30. The molecule has 20 heavy (non-hydrogen) atoms. The first-order chi connectivity index (χ1) is 9.44. The minimum absolute atomic E-state index is 0.00998. The summed E-state index contributed by atoms with van der Waals surface area (Å²) in [6.45, 7) is 4.19. The van der Waals surface area contributed by atoms with E-state index >= 15 is 0 Å². The molecule has 5 heteroatoms. The molecule has 1 aliphatic rings. The Morgan fingerprint density at radius 2 is 2.15 bits per heavy atom. The number of benzene rings is 1. The number of H-pyrrole nitrogens is 1. The lowest BCUT2D eigenvalue weighted by Crippen LogP contribution is -2.26. The highest BCUT2D eigenvalue weighted by Crippen LogP contribution is 2.37. The van der Waals surface area contributed by atoms with Crippen molar-refractivity contribution >= 4 is 28.9 Å². The number of anilines is 2. The maximum absolute atomic E-state index is 12.3. The van der Waals surface area contributed by atoms with Gasteiger partial charge in [0.15, 0.2) is 11.6 Å². The monoisotopic (exact) mass is 289 g/mol. The Kier molecular flexibility index (Phi) is 3.05. The number of ketones is 1. The Bertz CT molecular complexity index is 676. The Hall–Kier alpha value is -1.81. The van der Waals surface area contributed by atoms with Gasteiger partial charge in [0.25, 0.3) is 0 Å². The van der Waals surface area contributed by atoms with E-state index in [2.05, 4.69) is 29.4 Å². The van der Waals surface area contributed by atoms with E-state index in [1.807, 2.05) is 12.1 Å². The number of aromatic nitrogens is 2. The number of carbonyl (C=O) groups is 1. The van der Waals surface area contributed by atoms with Crippen molar-refractivity contribution < 1.29 is 4.79 Å². The van der Waals surface area contributed by atoms with Gasteiger partial charge >= 0.3 is 0 Å². The lowest BCUT2D eigenvalue weighted by Gasteiger charge is -2.27. The first-order valence-corrected chi connectivity index (χ1v) is 6.95. The zero-order chi connectivity index (χ0) is 14.3. The molecule has 1 aromatic heterocycles. The number of fused-ring (bicyclic) bond motifs is 1. The summed E-state index contributed by atoms with van der Waals surface area (Å²) in [5.74, 6) is 0.720. The van der Waals surface area contributed by atoms with Gasteiger partial charge in [-0.1, -0.05) is 31.5 Å². The van der Waals surface area contributed by atoms with E-state index in [0.717, 1.165) is 17.8 Å². The van der Waals surface area contributed by atoms with Crippen LogP contribution in [-0.4, -0.2) is 16.0 Å². The summed E-state index contributed by atoms with van der Waals surface area (Å²) >= 11 is 5.96. The third-order valence-corrected chi connectivity index (χ3v) is 3.74. The number of rotatable bonds is 2. The van der Waals surface area contributed by atoms with Crippen molar-refractivity contribution in [1.29, 1.82) is 0 Å². The van der Waals surface area contributed by atoms with E-state index in [9.17, 15) is 4.79 Å². The van der Waals surface area contributed by atoms with Crippen LogP contribution in [0.5, 0.6) is 0 Å². The topological polar surface area (TPSA) is 57.8 Å². The van der Waals surface area contributed by atoms with Gasteiger partial charge in [-0.3, -0.25) is 9.89 Å². The van der Waals surface area contributed by atoms with Crippen molar-refractivity contribution in [3.63, 3.8) is 0 Å². The first-order valence-electron chi connectivity index (χ1n) is 6.58. The van der Waals surface area contributed by atoms with Crippen LogP contribution in [0.2, 0.25) is 5.02 Å². The van der Waals surface area contributed by atoms with E-state index < -0.39 is 0 Å². The van der Waals surface area contributed by atoms with E-state index in [1.165, 1.54) is 0 Å². The van der Waals surface area contributed by atoms with Gasteiger partial charge in [0.05, 0.1) is 5.56 Å². The fourth-order valence-electron chi connectivity index (χ4n) is 2.66. The molecule has 4 nitrogen and oxygen atoms in total. The minimum atomic E-state index is -0.00998. The number of nitrogens with zero attached hydrogens (tertiary/aromatic N) is 1. The molecule has 0 fully saturated rings. The summed E-state index contributed by atoms with van der Waals surface area (Å²) in [4.78, 5) is 12.3. The van der Waals surface area contributed by atoms with Crippen molar-refractivity contribution in [3.8, 4) is 0 Å². The van der Waals surface area contributed by atoms with Crippen LogP contribution in [0.4, 0.5) is 11.5 Å². The molecule has 0 atom stereocenters. The summed E-state index contributed by atoms with van der Waals surface area (Å²) in [6, 6.07) is 7.36. The largest absolute Gasteiger partial charge is 0.338 e. The molecule has 3 rings (SSSR count). The highest BCUT2D eigenvalue weighted by atomic mass is 35.5. The summed E-state index contributed by atoms with van der Waals surface area (Å²) in [6.07, 6.45) is 1.38. The van der Waals surface area contributed by atoms with Gasteiger partial charge in [-0.25, -0.2) is 0 Å². The molecule has 0 bridgehead atoms. The van der Waals surface area contributed by atoms with Crippen molar-refractivity contribution in [2.24, 2.45) is 5.41 Å². The number of Topliss-reactive ketones (excluding diaryl/α,β-unsaturated/α-hetero) is 1. The molecule has 0 aliphatic heterocycles. The van der Waals surface area contributed by atoms with Crippen LogP contribution in [0.25, 0.3) is 0 Å². The second-order valence-electron chi connectivity index (χ2n) is 6.00. The second-order valence-corrected chi connectivity index (χ2v) is 6.44. The number of hydrogen-bond acceptors (Lipinski definition) is 3. The van der Waals surface area contributed by atoms with Gasteiger partial charge in [-0.05, 0) is 30.0 Å². The fourth-order valence-corrected chi connectivity index (χ4v) is 2.85. The van der Waals surface area contributed by atoms with Crippen LogP contribution < -0.4 is 5.32 Å². The number of hydrogen-bond donors (Lipinski definition) is 2. The average Bonchev–Trinajstić information content (AvgIpc) is 2.70. The van der Waals surface area contributed by atoms with E-state index in [0.29, 0.717) is 22.8 Å². The van der Waals surface area contributed by atoms with Crippen LogP contribution >= 0.6 is 11.6 Å². The molecule has 0 saturated heterocycles. The van der Waals surface area contributed by atoms with Gasteiger partial charge in [-0.15, -0.1) is 0 Å².